The molecule has 5 nitrogen and oxygen atoms in total. The third-order valence-electron chi connectivity index (χ3n) is 3.96. The van der Waals surface area contributed by atoms with Gasteiger partial charge in [0.25, 0.3) is 0 Å². The molecule has 0 aliphatic carbocycles. The van der Waals surface area contributed by atoms with Gasteiger partial charge in [0.05, 0.1) is 5.69 Å². The molecule has 1 rings (SSSR count). The van der Waals surface area contributed by atoms with Gasteiger partial charge in [-0.1, -0.05) is 25.1 Å². The maximum atomic E-state index is 5.44. The van der Waals surface area contributed by atoms with E-state index in [9.17, 15) is 0 Å². The fourth-order valence-corrected chi connectivity index (χ4v) is 2.50. The Morgan fingerprint density at radius 1 is 1.42 bits per heavy atom. The lowest BCUT2D eigenvalue weighted by atomic mass is 9.99. The van der Waals surface area contributed by atoms with E-state index in [0.717, 1.165) is 56.2 Å². The van der Waals surface area contributed by atoms with Gasteiger partial charge in [-0.3, -0.25) is 0 Å². The van der Waals surface area contributed by atoms with Crippen molar-refractivity contribution >= 4 is 29.9 Å². The lowest BCUT2D eigenvalue weighted by molar-refractivity contribution is 0.371. The second kappa shape index (κ2) is 13.3. The molecule has 1 N–H and O–H groups in total. The lowest BCUT2D eigenvalue weighted by Crippen LogP contribution is -2.39. The Kier molecular flexibility index (Phi) is 12.7. The average molecular weight is 448 g/mol. The normalized spacial score (nSPS) is 11.3. The first-order valence-corrected chi connectivity index (χ1v) is 8.71. The molecule has 1 heterocycles. The summed E-state index contributed by atoms with van der Waals surface area (Å²) in [4.78, 5) is 6.80. The first kappa shape index (κ1) is 22.9. The van der Waals surface area contributed by atoms with E-state index in [1.165, 1.54) is 0 Å². The minimum absolute atomic E-state index is 0. The minimum Gasteiger partial charge on any atom is -0.359 e. The molecule has 0 saturated carbocycles. The van der Waals surface area contributed by atoms with Crippen molar-refractivity contribution in [2.24, 2.45) is 4.99 Å². The second-order valence-electron chi connectivity index (χ2n) is 5.75. The first-order chi connectivity index (χ1) is 11.2. The van der Waals surface area contributed by atoms with Gasteiger partial charge in [0, 0.05) is 32.1 Å². The predicted molar refractivity (Wildman–Crippen MR) is 112 cm³/mol. The van der Waals surface area contributed by atoms with Crippen molar-refractivity contribution in [3.63, 3.8) is 0 Å². The highest BCUT2D eigenvalue weighted by Gasteiger charge is 2.13. The third-order valence-corrected chi connectivity index (χ3v) is 3.96. The van der Waals surface area contributed by atoms with Crippen LogP contribution in [0, 0.1) is 0 Å². The average Bonchev–Trinajstić information content (AvgIpc) is 3.01. The topological polar surface area (TPSA) is 53.7 Å². The smallest absolute Gasteiger partial charge is 0.194 e. The molecule has 0 atom stereocenters. The van der Waals surface area contributed by atoms with Crippen LogP contribution in [0.3, 0.4) is 0 Å². The van der Waals surface area contributed by atoms with Gasteiger partial charge in [0.2, 0.25) is 0 Å². The van der Waals surface area contributed by atoms with Crippen LogP contribution in [0.15, 0.2) is 28.2 Å². The molecule has 24 heavy (non-hydrogen) atoms. The van der Waals surface area contributed by atoms with Gasteiger partial charge in [-0.25, -0.2) is 4.99 Å². The summed E-state index contributed by atoms with van der Waals surface area (Å²) in [7, 11) is 2.06. The summed E-state index contributed by atoms with van der Waals surface area (Å²) < 4.78 is 5.44. The van der Waals surface area contributed by atoms with Crippen LogP contribution in [0.5, 0.6) is 0 Å². The molecule has 0 radical (unpaired) electrons. The van der Waals surface area contributed by atoms with Crippen LogP contribution in [-0.4, -0.2) is 36.2 Å². The first-order valence-electron chi connectivity index (χ1n) is 8.71. The van der Waals surface area contributed by atoms with Crippen LogP contribution in [0.25, 0.3) is 0 Å². The van der Waals surface area contributed by atoms with Crippen molar-refractivity contribution in [2.75, 3.05) is 20.1 Å². The molecule has 1 aromatic rings. The molecular weight excluding hydrogens is 415 g/mol. The van der Waals surface area contributed by atoms with Crippen LogP contribution < -0.4 is 5.32 Å². The summed E-state index contributed by atoms with van der Waals surface area (Å²) in [5, 5.41) is 7.52. The van der Waals surface area contributed by atoms with E-state index in [0.29, 0.717) is 12.5 Å². The van der Waals surface area contributed by atoms with Crippen molar-refractivity contribution in [3.8, 4) is 0 Å². The van der Waals surface area contributed by atoms with E-state index >= 15 is 0 Å². The molecule has 0 unspecified atom stereocenters. The number of allylic oxidation sites excluding steroid dienone is 1. The van der Waals surface area contributed by atoms with E-state index < -0.39 is 0 Å². The van der Waals surface area contributed by atoms with Gasteiger partial charge in [-0.2, -0.15) is 0 Å². The van der Waals surface area contributed by atoms with Crippen molar-refractivity contribution in [1.29, 1.82) is 0 Å². The summed E-state index contributed by atoms with van der Waals surface area (Å²) in [6, 6.07) is 2.04. The number of aliphatic imine (C=N–C) groups is 1. The van der Waals surface area contributed by atoms with Gasteiger partial charge >= 0.3 is 0 Å². The van der Waals surface area contributed by atoms with E-state index in [4.69, 9.17) is 4.52 Å². The highest BCUT2D eigenvalue weighted by molar-refractivity contribution is 14.0. The zero-order valence-corrected chi connectivity index (χ0v) is 17.9. The largest absolute Gasteiger partial charge is 0.359 e. The van der Waals surface area contributed by atoms with Crippen LogP contribution in [-0.2, 0) is 6.54 Å². The molecule has 0 bridgehead atoms. The number of nitrogens with zero attached hydrogens (tertiary/aromatic N) is 3. The van der Waals surface area contributed by atoms with Crippen molar-refractivity contribution in [1.82, 2.24) is 15.4 Å². The minimum atomic E-state index is 0. The predicted octanol–water partition coefficient (Wildman–Crippen LogP) is 4.56. The van der Waals surface area contributed by atoms with E-state index in [-0.39, 0.29) is 24.0 Å². The summed E-state index contributed by atoms with van der Waals surface area (Å²) in [5.74, 6) is 2.20. The van der Waals surface area contributed by atoms with Crippen molar-refractivity contribution in [2.45, 2.75) is 58.9 Å². The van der Waals surface area contributed by atoms with Crippen LogP contribution in [0.2, 0.25) is 0 Å². The maximum absolute atomic E-state index is 5.44. The number of hydrogen-bond donors (Lipinski definition) is 1. The summed E-state index contributed by atoms with van der Waals surface area (Å²) >= 11 is 0. The molecule has 1 aromatic heterocycles. The van der Waals surface area contributed by atoms with E-state index in [1.54, 1.807) is 0 Å². The fourth-order valence-electron chi connectivity index (χ4n) is 2.50. The number of nitrogens with one attached hydrogen (secondary N) is 1. The van der Waals surface area contributed by atoms with Crippen molar-refractivity contribution in [3.05, 3.63) is 30.2 Å². The number of rotatable bonds is 10. The molecule has 0 aromatic carbocycles. The van der Waals surface area contributed by atoms with E-state index in [1.807, 2.05) is 12.1 Å². The molecule has 6 heteroatoms. The number of halogens is 1. The third kappa shape index (κ3) is 7.68. The van der Waals surface area contributed by atoms with Crippen molar-refractivity contribution < 1.29 is 4.52 Å². The molecule has 0 fully saturated rings. The number of aromatic nitrogens is 1. The van der Waals surface area contributed by atoms with Crippen LogP contribution in [0.4, 0.5) is 0 Å². The molecule has 0 spiro atoms. The summed E-state index contributed by atoms with van der Waals surface area (Å²) in [6.45, 7) is 12.5. The Hall–Kier alpha value is -1.05. The number of unbranched alkanes of at least 4 members (excludes halogenated alkanes) is 1. The zero-order valence-electron chi connectivity index (χ0n) is 15.5. The fraction of sp³-hybridized carbons (Fsp3) is 0.667. The molecule has 0 saturated heterocycles. The van der Waals surface area contributed by atoms with Gasteiger partial charge in [-0.15, -0.1) is 30.6 Å². The molecule has 0 amide bonds. The highest BCUT2D eigenvalue weighted by atomic mass is 127. The maximum Gasteiger partial charge on any atom is 0.194 e. The quantitative estimate of drug-likeness (QED) is 0.188. The molecule has 138 valence electrons. The Bertz CT molecular complexity index is 483. The van der Waals surface area contributed by atoms with E-state index in [2.05, 4.69) is 54.8 Å². The summed E-state index contributed by atoms with van der Waals surface area (Å²) in [6.07, 6.45) is 6.21. The molecular formula is C18H33IN4O. The second-order valence-corrected chi connectivity index (χ2v) is 5.75. The highest BCUT2D eigenvalue weighted by Crippen LogP contribution is 2.22. The Morgan fingerprint density at radius 3 is 2.71 bits per heavy atom. The molecule has 0 aliphatic rings. The molecule has 0 aliphatic heterocycles. The number of guanidine groups is 1. The van der Waals surface area contributed by atoms with Crippen LogP contribution >= 0.6 is 24.0 Å². The lowest BCUT2D eigenvalue weighted by Gasteiger charge is -2.21. The Morgan fingerprint density at radius 2 is 2.12 bits per heavy atom. The Labute approximate surface area is 164 Å². The monoisotopic (exact) mass is 448 g/mol. The standard InChI is InChI=1S/C18H32N4O.HI/c1-6-10-11-12-22(5)18(19-9-4)20-14-16-13-17(21-23-16)15(7-2)8-3;/h6,13,15H,1,7-12,14H2,2-5H3,(H,19,20);1H. The van der Waals surface area contributed by atoms with Gasteiger partial charge < -0.3 is 14.7 Å². The summed E-state index contributed by atoms with van der Waals surface area (Å²) in [5.41, 5.74) is 1.05. The zero-order chi connectivity index (χ0) is 17.1. The Balaban J connectivity index is 0.00000529. The SMILES string of the molecule is C=CCCCN(C)C(=NCc1cc(C(CC)CC)no1)NCC.I. The number of hydrogen-bond acceptors (Lipinski definition) is 3. The van der Waals surface area contributed by atoms with Gasteiger partial charge in [0.15, 0.2) is 11.7 Å². The van der Waals surface area contributed by atoms with Crippen LogP contribution in [0.1, 0.15) is 63.8 Å². The van der Waals surface area contributed by atoms with Gasteiger partial charge in [-0.05, 0) is 32.6 Å². The van der Waals surface area contributed by atoms with Gasteiger partial charge in [0.1, 0.15) is 6.54 Å².